The molecule has 0 saturated carbocycles. The van der Waals surface area contributed by atoms with Crippen LogP contribution in [0.3, 0.4) is 0 Å². The monoisotopic (exact) mass is 347 g/mol. The molecule has 1 saturated heterocycles. The van der Waals surface area contributed by atoms with Gasteiger partial charge in [0.25, 0.3) is 0 Å². The van der Waals surface area contributed by atoms with Gasteiger partial charge < -0.3 is 15.0 Å². The average Bonchev–Trinajstić information content (AvgIpc) is 2.74. The minimum atomic E-state index is 0.622. The highest BCUT2D eigenvalue weighted by molar-refractivity contribution is 5.64. The molecule has 1 fully saturated rings. The number of aromatic nitrogens is 3. The van der Waals surface area contributed by atoms with Gasteiger partial charge in [-0.15, -0.1) is 0 Å². The normalized spacial score (nSPS) is 14.2. The molecule has 0 amide bonds. The third-order valence-corrected chi connectivity index (χ3v) is 4.29. The molecule has 2 aromatic heterocycles. The van der Waals surface area contributed by atoms with Gasteiger partial charge in [-0.05, 0) is 11.6 Å². The summed E-state index contributed by atoms with van der Waals surface area (Å²) in [6.07, 6.45) is 3.61. The van der Waals surface area contributed by atoms with Crippen molar-refractivity contribution < 1.29 is 4.74 Å². The van der Waals surface area contributed by atoms with E-state index >= 15 is 0 Å². The maximum Gasteiger partial charge on any atom is 0.225 e. The summed E-state index contributed by atoms with van der Waals surface area (Å²) in [4.78, 5) is 15.8. The fraction of sp³-hybridized carbons (Fsp3) is 0.250. The van der Waals surface area contributed by atoms with Crippen LogP contribution in [-0.4, -0.2) is 41.3 Å². The average molecular weight is 347 g/mol. The Balaban J connectivity index is 1.63. The number of ether oxygens (including phenoxy) is 1. The van der Waals surface area contributed by atoms with Gasteiger partial charge in [0, 0.05) is 43.7 Å². The molecule has 1 aliphatic heterocycles. The molecule has 1 N–H and O–H groups in total. The van der Waals surface area contributed by atoms with Crippen molar-refractivity contribution in [3.63, 3.8) is 0 Å². The van der Waals surface area contributed by atoms with Crippen molar-refractivity contribution in [3.05, 3.63) is 66.5 Å². The SMILES string of the molecule is c1ccc(-c2cc(N3CCOCC3)nc(NCc3cccnc3)n2)cc1. The van der Waals surface area contributed by atoms with Crippen LogP contribution in [0.1, 0.15) is 5.56 Å². The first-order chi connectivity index (χ1) is 12.9. The second-order valence-electron chi connectivity index (χ2n) is 6.12. The van der Waals surface area contributed by atoms with E-state index in [-0.39, 0.29) is 0 Å². The zero-order valence-corrected chi connectivity index (χ0v) is 14.5. The predicted octanol–water partition coefficient (Wildman–Crippen LogP) is 2.99. The van der Waals surface area contributed by atoms with Crippen LogP contribution >= 0.6 is 0 Å². The van der Waals surface area contributed by atoms with E-state index in [4.69, 9.17) is 14.7 Å². The number of anilines is 2. The molecule has 6 heteroatoms. The minimum absolute atomic E-state index is 0.622. The molecule has 3 heterocycles. The van der Waals surface area contributed by atoms with Crippen LogP contribution in [0, 0.1) is 0 Å². The molecule has 0 aliphatic carbocycles. The molecule has 1 aromatic carbocycles. The Hall–Kier alpha value is -2.99. The summed E-state index contributed by atoms with van der Waals surface area (Å²) >= 11 is 0. The first-order valence-corrected chi connectivity index (χ1v) is 8.78. The first-order valence-electron chi connectivity index (χ1n) is 8.78. The number of hydrogen-bond acceptors (Lipinski definition) is 6. The fourth-order valence-corrected chi connectivity index (χ4v) is 2.91. The quantitative estimate of drug-likeness (QED) is 0.765. The summed E-state index contributed by atoms with van der Waals surface area (Å²) in [5.41, 5.74) is 3.08. The Morgan fingerprint density at radius 2 is 1.85 bits per heavy atom. The molecule has 0 radical (unpaired) electrons. The number of nitrogens with zero attached hydrogens (tertiary/aromatic N) is 4. The molecule has 3 aromatic rings. The number of pyridine rings is 1. The van der Waals surface area contributed by atoms with Gasteiger partial charge >= 0.3 is 0 Å². The van der Waals surface area contributed by atoms with Crippen molar-refractivity contribution in [3.8, 4) is 11.3 Å². The summed E-state index contributed by atoms with van der Waals surface area (Å²) in [5, 5.41) is 3.33. The summed E-state index contributed by atoms with van der Waals surface area (Å²) in [7, 11) is 0. The Morgan fingerprint density at radius 3 is 2.62 bits per heavy atom. The molecule has 0 bridgehead atoms. The van der Waals surface area contributed by atoms with Crippen LogP contribution in [0.4, 0.5) is 11.8 Å². The second kappa shape index (κ2) is 7.93. The summed E-state index contributed by atoms with van der Waals surface area (Å²) in [6.45, 7) is 3.77. The van der Waals surface area contributed by atoms with Crippen LogP contribution in [0.5, 0.6) is 0 Å². The van der Waals surface area contributed by atoms with Crippen LogP contribution < -0.4 is 10.2 Å². The van der Waals surface area contributed by atoms with Crippen LogP contribution in [0.2, 0.25) is 0 Å². The van der Waals surface area contributed by atoms with Crippen molar-refractivity contribution in [2.45, 2.75) is 6.54 Å². The lowest BCUT2D eigenvalue weighted by Crippen LogP contribution is -2.36. The molecule has 132 valence electrons. The van der Waals surface area contributed by atoms with Crippen LogP contribution in [-0.2, 0) is 11.3 Å². The molecule has 26 heavy (non-hydrogen) atoms. The van der Waals surface area contributed by atoms with E-state index in [0.29, 0.717) is 12.5 Å². The Morgan fingerprint density at radius 1 is 1.00 bits per heavy atom. The fourth-order valence-electron chi connectivity index (χ4n) is 2.91. The van der Waals surface area contributed by atoms with Crippen molar-refractivity contribution in [2.75, 3.05) is 36.5 Å². The van der Waals surface area contributed by atoms with Gasteiger partial charge in [-0.2, -0.15) is 4.98 Å². The first kappa shape index (κ1) is 16.5. The Bertz CT molecular complexity index is 835. The van der Waals surface area contributed by atoms with Crippen molar-refractivity contribution >= 4 is 11.8 Å². The van der Waals surface area contributed by atoms with E-state index in [0.717, 1.165) is 48.9 Å². The molecule has 6 nitrogen and oxygen atoms in total. The number of rotatable bonds is 5. The lowest BCUT2D eigenvalue weighted by atomic mass is 10.1. The summed E-state index contributed by atoms with van der Waals surface area (Å²) in [6, 6.07) is 16.2. The highest BCUT2D eigenvalue weighted by Crippen LogP contribution is 2.24. The van der Waals surface area contributed by atoms with Crippen LogP contribution in [0.15, 0.2) is 60.9 Å². The number of hydrogen-bond donors (Lipinski definition) is 1. The smallest absolute Gasteiger partial charge is 0.225 e. The lowest BCUT2D eigenvalue weighted by Gasteiger charge is -2.28. The Kier molecular flexibility index (Phi) is 5.02. The zero-order chi connectivity index (χ0) is 17.6. The van der Waals surface area contributed by atoms with E-state index < -0.39 is 0 Å². The third-order valence-electron chi connectivity index (χ3n) is 4.29. The van der Waals surface area contributed by atoms with E-state index in [1.807, 2.05) is 36.5 Å². The van der Waals surface area contributed by atoms with Gasteiger partial charge in [-0.1, -0.05) is 36.4 Å². The number of nitrogens with one attached hydrogen (secondary N) is 1. The van der Waals surface area contributed by atoms with E-state index in [1.165, 1.54) is 0 Å². The topological polar surface area (TPSA) is 63.2 Å². The van der Waals surface area contributed by atoms with Gasteiger partial charge in [0.2, 0.25) is 5.95 Å². The highest BCUT2D eigenvalue weighted by atomic mass is 16.5. The van der Waals surface area contributed by atoms with Crippen molar-refractivity contribution in [1.82, 2.24) is 15.0 Å². The third kappa shape index (κ3) is 3.97. The molecule has 1 aliphatic rings. The molecular formula is C20H21N5O. The summed E-state index contributed by atoms with van der Waals surface area (Å²) in [5.74, 6) is 1.55. The number of benzene rings is 1. The Labute approximate surface area is 152 Å². The highest BCUT2D eigenvalue weighted by Gasteiger charge is 2.15. The van der Waals surface area contributed by atoms with Crippen molar-refractivity contribution in [1.29, 1.82) is 0 Å². The van der Waals surface area contributed by atoms with Gasteiger partial charge in [0.15, 0.2) is 0 Å². The van der Waals surface area contributed by atoms with E-state index in [9.17, 15) is 0 Å². The second-order valence-corrected chi connectivity index (χ2v) is 6.12. The standard InChI is InChI=1S/C20H21N5O/c1-2-6-17(7-3-1)18-13-19(25-9-11-26-12-10-25)24-20(23-18)22-15-16-5-4-8-21-14-16/h1-8,13-14H,9-12,15H2,(H,22,23,24). The van der Waals surface area contributed by atoms with E-state index in [1.54, 1.807) is 6.20 Å². The zero-order valence-electron chi connectivity index (χ0n) is 14.5. The van der Waals surface area contributed by atoms with Gasteiger partial charge in [0.1, 0.15) is 5.82 Å². The lowest BCUT2D eigenvalue weighted by molar-refractivity contribution is 0.122. The van der Waals surface area contributed by atoms with Crippen LogP contribution in [0.25, 0.3) is 11.3 Å². The predicted molar refractivity (Wildman–Crippen MR) is 102 cm³/mol. The van der Waals surface area contributed by atoms with E-state index in [2.05, 4.69) is 33.4 Å². The van der Waals surface area contributed by atoms with Crippen molar-refractivity contribution in [2.24, 2.45) is 0 Å². The molecule has 4 rings (SSSR count). The number of morpholine rings is 1. The van der Waals surface area contributed by atoms with Gasteiger partial charge in [-0.3, -0.25) is 4.98 Å². The molecular weight excluding hydrogens is 326 g/mol. The minimum Gasteiger partial charge on any atom is -0.378 e. The molecule has 0 atom stereocenters. The maximum atomic E-state index is 5.46. The van der Waals surface area contributed by atoms with Gasteiger partial charge in [-0.25, -0.2) is 4.98 Å². The molecule has 0 spiro atoms. The van der Waals surface area contributed by atoms with Gasteiger partial charge in [0.05, 0.1) is 18.9 Å². The maximum absolute atomic E-state index is 5.46. The largest absolute Gasteiger partial charge is 0.378 e. The molecule has 0 unspecified atom stereocenters. The summed E-state index contributed by atoms with van der Waals surface area (Å²) < 4.78 is 5.46.